The van der Waals surface area contributed by atoms with E-state index < -0.39 is 11.8 Å². The molecule has 0 unspecified atom stereocenters. The number of hydrazine groups is 1. The number of hydrogen-bond donors (Lipinski definition) is 3. The quantitative estimate of drug-likeness (QED) is 0.674. The Hall–Kier alpha value is -2.57. The van der Waals surface area contributed by atoms with Crippen molar-refractivity contribution in [2.45, 2.75) is 19.8 Å². The van der Waals surface area contributed by atoms with Crippen molar-refractivity contribution in [1.82, 2.24) is 10.9 Å². The smallest absolute Gasteiger partial charge is 0.271 e. The fourth-order valence-electron chi connectivity index (χ4n) is 2.08. The lowest BCUT2D eigenvalue weighted by molar-refractivity contribution is -0.116. The highest BCUT2D eigenvalue weighted by molar-refractivity contribution is 6.36. The summed E-state index contributed by atoms with van der Waals surface area (Å²) in [7, 11) is 0. The van der Waals surface area contributed by atoms with Gasteiger partial charge < -0.3 is 5.32 Å². The molecular formula is C18H17Cl2N3O3. The van der Waals surface area contributed by atoms with Crippen molar-refractivity contribution in [3.63, 3.8) is 0 Å². The van der Waals surface area contributed by atoms with Crippen molar-refractivity contribution >= 4 is 46.6 Å². The molecule has 0 radical (unpaired) electrons. The summed E-state index contributed by atoms with van der Waals surface area (Å²) in [5, 5.41) is 3.31. The van der Waals surface area contributed by atoms with Crippen LogP contribution < -0.4 is 16.2 Å². The molecule has 8 heteroatoms. The molecule has 3 N–H and O–H groups in total. The summed E-state index contributed by atoms with van der Waals surface area (Å²) in [6.07, 6.45) is 1.19. The van der Waals surface area contributed by atoms with Gasteiger partial charge in [0.05, 0.1) is 10.6 Å². The van der Waals surface area contributed by atoms with Gasteiger partial charge in [0.15, 0.2) is 0 Å². The van der Waals surface area contributed by atoms with E-state index >= 15 is 0 Å². The number of nitrogens with one attached hydrogen (secondary N) is 3. The largest absolute Gasteiger partial charge is 0.326 e. The Balaban J connectivity index is 1.93. The van der Waals surface area contributed by atoms with Crippen molar-refractivity contribution in [3.8, 4) is 0 Å². The van der Waals surface area contributed by atoms with Gasteiger partial charge in [-0.2, -0.15) is 0 Å². The third kappa shape index (κ3) is 5.47. The maximum atomic E-state index is 12.1. The van der Waals surface area contributed by atoms with E-state index in [1.807, 2.05) is 6.92 Å². The van der Waals surface area contributed by atoms with Crippen LogP contribution in [0, 0.1) is 0 Å². The Morgan fingerprint density at radius 2 is 1.58 bits per heavy atom. The molecule has 136 valence electrons. The standard InChI is InChI=1S/C18H17Cl2N3O3/c1-2-3-16(24)21-13-7-4-11(5-8-13)17(25)22-23-18(26)14-9-6-12(19)10-15(14)20/h4-10H,2-3H2,1H3,(H,21,24)(H,22,25)(H,23,26). The number of amides is 3. The number of benzene rings is 2. The molecule has 0 aliphatic heterocycles. The Labute approximate surface area is 160 Å². The zero-order valence-corrected chi connectivity index (χ0v) is 15.4. The molecule has 0 atom stereocenters. The third-order valence-corrected chi connectivity index (χ3v) is 3.92. The van der Waals surface area contributed by atoms with E-state index in [2.05, 4.69) is 16.2 Å². The van der Waals surface area contributed by atoms with Crippen LogP contribution in [-0.4, -0.2) is 17.7 Å². The fourth-order valence-corrected chi connectivity index (χ4v) is 2.58. The number of carbonyl (C=O) groups excluding carboxylic acids is 3. The zero-order chi connectivity index (χ0) is 19.1. The lowest BCUT2D eigenvalue weighted by Crippen LogP contribution is -2.41. The molecule has 0 aliphatic carbocycles. The van der Waals surface area contributed by atoms with Crippen LogP contribution in [0.5, 0.6) is 0 Å². The normalized spacial score (nSPS) is 10.1. The second-order valence-electron chi connectivity index (χ2n) is 5.41. The summed E-state index contributed by atoms with van der Waals surface area (Å²) >= 11 is 11.7. The summed E-state index contributed by atoms with van der Waals surface area (Å²) in [4.78, 5) is 35.7. The van der Waals surface area contributed by atoms with E-state index in [0.29, 0.717) is 22.7 Å². The third-order valence-electron chi connectivity index (χ3n) is 3.37. The summed E-state index contributed by atoms with van der Waals surface area (Å²) in [6, 6.07) is 10.7. The number of carbonyl (C=O) groups is 3. The highest BCUT2D eigenvalue weighted by Crippen LogP contribution is 2.20. The van der Waals surface area contributed by atoms with Crippen molar-refractivity contribution < 1.29 is 14.4 Å². The minimum Gasteiger partial charge on any atom is -0.326 e. The van der Waals surface area contributed by atoms with Gasteiger partial charge in [0.2, 0.25) is 5.91 Å². The molecule has 0 saturated heterocycles. The fraction of sp³-hybridized carbons (Fsp3) is 0.167. The molecule has 2 aromatic carbocycles. The van der Waals surface area contributed by atoms with Gasteiger partial charge >= 0.3 is 0 Å². The molecule has 0 bridgehead atoms. The summed E-state index contributed by atoms with van der Waals surface area (Å²) in [5.41, 5.74) is 5.69. The molecule has 3 amide bonds. The molecule has 2 rings (SSSR count). The van der Waals surface area contributed by atoms with Crippen molar-refractivity contribution in [2.75, 3.05) is 5.32 Å². The Bertz CT molecular complexity index is 823. The predicted molar refractivity (Wildman–Crippen MR) is 101 cm³/mol. The predicted octanol–water partition coefficient (Wildman–Crippen LogP) is 3.81. The van der Waals surface area contributed by atoms with Gasteiger partial charge in [-0.1, -0.05) is 30.1 Å². The first kappa shape index (κ1) is 19.8. The Morgan fingerprint density at radius 3 is 2.19 bits per heavy atom. The van der Waals surface area contributed by atoms with Crippen molar-refractivity contribution in [1.29, 1.82) is 0 Å². The Kier molecular flexibility index (Phi) is 7.00. The molecule has 0 spiro atoms. The van der Waals surface area contributed by atoms with Gasteiger partial charge in [0, 0.05) is 22.7 Å². The number of hydrogen-bond acceptors (Lipinski definition) is 3. The second-order valence-corrected chi connectivity index (χ2v) is 6.25. The van der Waals surface area contributed by atoms with Gasteiger partial charge in [-0.15, -0.1) is 0 Å². The van der Waals surface area contributed by atoms with E-state index in [-0.39, 0.29) is 16.5 Å². The van der Waals surface area contributed by atoms with E-state index in [1.54, 1.807) is 12.1 Å². The molecule has 0 aromatic heterocycles. The van der Waals surface area contributed by atoms with Gasteiger partial charge in [-0.3, -0.25) is 25.2 Å². The molecule has 26 heavy (non-hydrogen) atoms. The number of halogens is 2. The van der Waals surface area contributed by atoms with E-state index in [1.165, 1.54) is 30.3 Å². The van der Waals surface area contributed by atoms with Crippen LogP contribution in [0.25, 0.3) is 0 Å². The molecular weight excluding hydrogens is 377 g/mol. The summed E-state index contributed by atoms with van der Waals surface area (Å²) in [5.74, 6) is -1.16. The minimum atomic E-state index is -0.566. The van der Waals surface area contributed by atoms with Crippen LogP contribution in [-0.2, 0) is 4.79 Å². The summed E-state index contributed by atoms with van der Waals surface area (Å²) in [6.45, 7) is 1.92. The van der Waals surface area contributed by atoms with Crippen LogP contribution in [0.15, 0.2) is 42.5 Å². The van der Waals surface area contributed by atoms with Crippen LogP contribution in [0.1, 0.15) is 40.5 Å². The highest BCUT2D eigenvalue weighted by atomic mass is 35.5. The van der Waals surface area contributed by atoms with Crippen molar-refractivity contribution in [3.05, 3.63) is 63.6 Å². The summed E-state index contributed by atoms with van der Waals surface area (Å²) < 4.78 is 0. The molecule has 6 nitrogen and oxygen atoms in total. The van der Waals surface area contributed by atoms with Crippen LogP contribution in [0.4, 0.5) is 5.69 Å². The molecule has 0 heterocycles. The van der Waals surface area contributed by atoms with Crippen LogP contribution in [0.2, 0.25) is 10.0 Å². The number of anilines is 1. The maximum Gasteiger partial charge on any atom is 0.271 e. The lowest BCUT2D eigenvalue weighted by atomic mass is 10.2. The van der Waals surface area contributed by atoms with E-state index in [0.717, 1.165) is 6.42 Å². The lowest BCUT2D eigenvalue weighted by Gasteiger charge is -2.09. The minimum absolute atomic E-state index is 0.0863. The maximum absolute atomic E-state index is 12.1. The zero-order valence-electron chi connectivity index (χ0n) is 13.9. The van der Waals surface area contributed by atoms with Crippen LogP contribution >= 0.6 is 23.2 Å². The van der Waals surface area contributed by atoms with E-state index in [9.17, 15) is 14.4 Å². The molecule has 0 fully saturated rings. The number of rotatable bonds is 5. The first-order chi connectivity index (χ1) is 12.4. The average Bonchev–Trinajstić information content (AvgIpc) is 2.60. The van der Waals surface area contributed by atoms with Gasteiger partial charge in [0.25, 0.3) is 11.8 Å². The van der Waals surface area contributed by atoms with Gasteiger partial charge in [-0.05, 0) is 48.9 Å². The Morgan fingerprint density at radius 1 is 0.923 bits per heavy atom. The first-order valence-electron chi connectivity index (χ1n) is 7.86. The SMILES string of the molecule is CCCC(=O)Nc1ccc(C(=O)NNC(=O)c2ccc(Cl)cc2Cl)cc1. The monoisotopic (exact) mass is 393 g/mol. The highest BCUT2D eigenvalue weighted by Gasteiger charge is 2.12. The van der Waals surface area contributed by atoms with E-state index in [4.69, 9.17) is 23.2 Å². The topological polar surface area (TPSA) is 87.3 Å². The molecule has 0 aliphatic rings. The van der Waals surface area contributed by atoms with Gasteiger partial charge in [-0.25, -0.2) is 0 Å². The second kappa shape index (κ2) is 9.22. The average molecular weight is 394 g/mol. The molecule has 2 aromatic rings. The van der Waals surface area contributed by atoms with Gasteiger partial charge in [0.1, 0.15) is 0 Å². The molecule has 0 saturated carbocycles. The first-order valence-corrected chi connectivity index (χ1v) is 8.62. The van der Waals surface area contributed by atoms with Crippen molar-refractivity contribution in [2.24, 2.45) is 0 Å². The van der Waals surface area contributed by atoms with Crippen LogP contribution in [0.3, 0.4) is 0 Å².